The summed E-state index contributed by atoms with van der Waals surface area (Å²) in [6.45, 7) is 8.85. The first-order valence-corrected chi connectivity index (χ1v) is 4.82. The Kier molecular flexibility index (Phi) is 4.57. The molecule has 0 aromatic rings. The molecule has 0 aromatic heterocycles. The molecule has 1 heteroatoms. The van der Waals surface area contributed by atoms with E-state index in [0.29, 0.717) is 3.42 Å². The van der Waals surface area contributed by atoms with Crippen LogP contribution in [0.25, 0.3) is 0 Å². The van der Waals surface area contributed by atoms with Crippen molar-refractivity contribution in [2.75, 3.05) is 0 Å². The highest BCUT2D eigenvalue weighted by molar-refractivity contribution is 14.1. The van der Waals surface area contributed by atoms with Gasteiger partial charge in [-0.3, -0.25) is 0 Å². The zero-order valence-corrected chi connectivity index (χ0v) is 9.53. The van der Waals surface area contributed by atoms with E-state index in [1.165, 1.54) is 18.4 Å². The maximum Gasteiger partial charge on any atom is 0.0169 e. The molecule has 60 valence electrons. The molecule has 0 N–H and O–H groups in total. The molecule has 0 unspecified atom stereocenters. The molecular weight excluding hydrogens is 235 g/mol. The SMILES string of the molecule is CC(C)=CCCC(C)(C)I. The second-order valence-corrected chi connectivity index (χ2v) is 6.46. The Morgan fingerprint density at radius 3 is 2.20 bits per heavy atom. The molecule has 0 aliphatic rings. The van der Waals surface area contributed by atoms with Crippen molar-refractivity contribution in [1.82, 2.24) is 0 Å². The fourth-order valence-electron chi connectivity index (χ4n) is 0.704. The highest BCUT2D eigenvalue weighted by atomic mass is 127. The van der Waals surface area contributed by atoms with Crippen LogP contribution in [0.1, 0.15) is 40.5 Å². The van der Waals surface area contributed by atoms with Gasteiger partial charge in [-0.25, -0.2) is 0 Å². The lowest BCUT2D eigenvalue weighted by atomic mass is 10.1. The molecule has 0 radical (unpaired) electrons. The van der Waals surface area contributed by atoms with Gasteiger partial charge in [-0.05, 0) is 26.7 Å². The Labute approximate surface area is 78.2 Å². The maximum atomic E-state index is 2.49. The standard InChI is InChI=1S/C9H17I/c1-8(2)6-5-7-9(3,4)10/h6H,5,7H2,1-4H3. The summed E-state index contributed by atoms with van der Waals surface area (Å²) in [5, 5.41) is 0. The summed E-state index contributed by atoms with van der Waals surface area (Å²) in [6, 6.07) is 0. The van der Waals surface area contributed by atoms with Crippen molar-refractivity contribution in [2.24, 2.45) is 0 Å². The van der Waals surface area contributed by atoms with Gasteiger partial charge in [0.25, 0.3) is 0 Å². The van der Waals surface area contributed by atoms with E-state index in [0.717, 1.165) is 0 Å². The quantitative estimate of drug-likeness (QED) is 0.405. The lowest BCUT2D eigenvalue weighted by Gasteiger charge is -2.13. The predicted octanol–water partition coefficient (Wildman–Crippen LogP) is 3.95. The number of rotatable bonds is 3. The summed E-state index contributed by atoms with van der Waals surface area (Å²) in [5.41, 5.74) is 1.43. The van der Waals surface area contributed by atoms with E-state index >= 15 is 0 Å². The summed E-state index contributed by atoms with van der Waals surface area (Å²) in [4.78, 5) is 0. The van der Waals surface area contributed by atoms with Gasteiger partial charge in [0.2, 0.25) is 0 Å². The molecule has 0 atom stereocenters. The largest absolute Gasteiger partial charge is 0.0858 e. The van der Waals surface area contributed by atoms with Crippen LogP contribution in [-0.4, -0.2) is 3.42 Å². The maximum absolute atomic E-state index is 2.49. The minimum Gasteiger partial charge on any atom is -0.0858 e. The molecular formula is C9H17I. The van der Waals surface area contributed by atoms with Crippen LogP contribution in [0.3, 0.4) is 0 Å². The van der Waals surface area contributed by atoms with Crippen molar-refractivity contribution >= 4 is 22.6 Å². The van der Waals surface area contributed by atoms with Gasteiger partial charge in [0.1, 0.15) is 0 Å². The van der Waals surface area contributed by atoms with Gasteiger partial charge in [0.05, 0.1) is 0 Å². The van der Waals surface area contributed by atoms with E-state index in [9.17, 15) is 0 Å². The Hall–Kier alpha value is 0.470. The summed E-state index contributed by atoms with van der Waals surface area (Å²) in [6.07, 6.45) is 4.80. The van der Waals surface area contributed by atoms with Gasteiger partial charge in [-0.1, -0.05) is 48.1 Å². The summed E-state index contributed by atoms with van der Waals surface area (Å²) in [7, 11) is 0. The zero-order valence-electron chi connectivity index (χ0n) is 7.37. The van der Waals surface area contributed by atoms with Crippen molar-refractivity contribution in [3.8, 4) is 0 Å². The number of alkyl halides is 1. The lowest BCUT2D eigenvalue weighted by molar-refractivity contribution is 0.677. The molecule has 0 fully saturated rings. The molecule has 0 saturated carbocycles. The van der Waals surface area contributed by atoms with Crippen LogP contribution < -0.4 is 0 Å². The average Bonchev–Trinajstić information content (AvgIpc) is 1.59. The topological polar surface area (TPSA) is 0 Å². The molecule has 0 heterocycles. The van der Waals surface area contributed by atoms with Crippen molar-refractivity contribution in [3.05, 3.63) is 11.6 Å². The Balaban J connectivity index is 3.47. The molecule has 0 amide bonds. The summed E-state index contributed by atoms with van der Waals surface area (Å²) in [5.74, 6) is 0. The van der Waals surface area contributed by atoms with Crippen molar-refractivity contribution < 1.29 is 0 Å². The third-order valence-corrected chi connectivity index (χ3v) is 1.83. The molecule has 0 aliphatic carbocycles. The molecule has 0 rings (SSSR count). The highest BCUT2D eigenvalue weighted by Crippen LogP contribution is 2.23. The fraction of sp³-hybridized carbons (Fsp3) is 0.778. The minimum absolute atomic E-state index is 0.462. The van der Waals surface area contributed by atoms with E-state index in [2.05, 4.69) is 56.4 Å². The van der Waals surface area contributed by atoms with Crippen LogP contribution in [0.2, 0.25) is 0 Å². The third-order valence-electron chi connectivity index (χ3n) is 1.29. The van der Waals surface area contributed by atoms with E-state index < -0.39 is 0 Å². The van der Waals surface area contributed by atoms with Gasteiger partial charge < -0.3 is 0 Å². The molecule has 10 heavy (non-hydrogen) atoms. The molecule has 0 aliphatic heterocycles. The number of halogens is 1. The first-order chi connectivity index (χ1) is 4.42. The van der Waals surface area contributed by atoms with Gasteiger partial charge in [-0.2, -0.15) is 0 Å². The summed E-state index contributed by atoms with van der Waals surface area (Å²) >= 11 is 2.49. The zero-order chi connectivity index (χ0) is 8.20. The van der Waals surface area contributed by atoms with E-state index in [-0.39, 0.29) is 0 Å². The molecule has 0 saturated heterocycles. The van der Waals surface area contributed by atoms with Crippen LogP contribution in [0.4, 0.5) is 0 Å². The third kappa shape index (κ3) is 8.47. The highest BCUT2D eigenvalue weighted by Gasteiger charge is 2.09. The van der Waals surface area contributed by atoms with E-state index in [1.807, 2.05) is 0 Å². The Morgan fingerprint density at radius 1 is 1.40 bits per heavy atom. The number of hydrogen-bond acceptors (Lipinski definition) is 0. The second kappa shape index (κ2) is 4.37. The molecule has 0 spiro atoms. The second-order valence-electron chi connectivity index (χ2n) is 3.54. The Bertz CT molecular complexity index is 113. The van der Waals surface area contributed by atoms with Gasteiger partial charge in [0.15, 0.2) is 0 Å². The van der Waals surface area contributed by atoms with Crippen molar-refractivity contribution in [1.29, 1.82) is 0 Å². The molecule has 0 nitrogen and oxygen atoms in total. The lowest BCUT2D eigenvalue weighted by Crippen LogP contribution is -2.07. The smallest absolute Gasteiger partial charge is 0.0169 e. The van der Waals surface area contributed by atoms with E-state index in [4.69, 9.17) is 0 Å². The first kappa shape index (κ1) is 10.5. The van der Waals surface area contributed by atoms with Crippen molar-refractivity contribution in [3.63, 3.8) is 0 Å². The normalized spacial score (nSPS) is 11.3. The van der Waals surface area contributed by atoms with Gasteiger partial charge in [-0.15, -0.1) is 0 Å². The van der Waals surface area contributed by atoms with Crippen LogP contribution in [0, 0.1) is 0 Å². The number of allylic oxidation sites excluding steroid dienone is 2. The predicted molar refractivity (Wildman–Crippen MR) is 56.8 cm³/mol. The summed E-state index contributed by atoms with van der Waals surface area (Å²) < 4.78 is 0.462. The molecule has 0 aromatic carbocycles. The fourth-order valence-corrected chi connectivity index (χ4v) is 1.02. The Morgan fingerprint density at radius 2 is 1.90 bits per heavy atom. The number of hydrogen-bond donors (Lipinski definition) is 0. The van der Waals surface area contributed by atoms with Crippen molar-refractivity contribution in [2.45, 2.75) is 44.0 Å². The van der Waals surface area contributed by atoms with Gasteiger partial charge in [0, 0.05) is 3.42 Å². The average molecular weight is 252 g/mol. The van der Waals surface area contributed by atoms with Crippen LogP contribution in [0.5, 0.6) is 0 Å². The monoisotopic (exact) mass is 252 g/mol. The minimum atomic E-state index is 0.462. The molecule has 0 bridgehead atoms. The van der Waals surface area contributed by atoms with Gasteiger partial charge >= 0.3 is 0 Å². The van der Waals surface area contributed by atoms with Crippen LogP contribution in [-0.2, 0) is 0 Å². The first-order valence-electron chi connectivity index (χ1n) is 3.74. The van der Waals surface area contributed by atoms with Crippen LogP contribution in [0.15, 0.2) is 11.6 Å². The van der Waals surface area contributed by atoms with Crippen LogP contribution >= 0.6 is 22.6 Å². The van der Waals surface area contributed by atoms with E-state index in [1.54, 1.807) is 0 Å².